The smallest absolute Gasteiger partial charge is 0.235 e. The van der Waals surface area contributed by atoms with Crippen molar-refractivity contribution in [2.45, 2.75) is 6.54 Å². The molecule has 0 aromatic heterocycles. The highest BCUT2D eigenvalue weighted by molar-refractivity contribution is 5.51. The molecular weight excluding hydrogens is 184 g/mol. The van der Waals surface area contributed by atoms with E-state index in [1.807, 2.05) is 0 Å². The van der Waals surface area contributed by atoms with Crippen molar-refractivity contribution in [1.29, 1.82) is 5.26 Å². The van der Waals surface area contributed by atoms with Gasteiger partial charge in [0, 0.05) is 11.6 Å². The zero-order valence-electron chi connectivity index (χ0n) is 7.06. The van der Waals surface area contributed by atoms with Crippen LogP contribution in [0.5, 0.6) is 11.5 Å². The van der Waals surface area contributed by atoms with E-state index in [0.29, 0.717) is 5.56 Å². The molecule has 0 fully saturated rings. The van der Waals surface area contributed by atoms with Crippen molar-refractivity contribution in [1.82, 2.24) is 0 Å². The Morgan fingerprint density at radius 3 is 2.64 bits per heavy atom. The summed E-state index contributed by atoms with van der Waals surface area (Å²) in [5.41, 5.74) is 0.321. The van der Waals surface area contributed by atoms with E-state index in [9.17, 15) is 9.90 Å². The molecule has 0 aliphatic rings. The minimum absolute atomic E-state index is 0.0268. The lowest BCUT2D eigenvalue weighted by Gasteiger charge is -2.02. The van der Waals surface area contributed by atoms with Crippen molar-refractivity contribution >= 4 is 6.08 Å². The van der Waals surface area contributed by atoms with Gasteiger partial charge in [0.1, 0.15) is 17.6 Å². The number of aromatic hydroxyl groups is 2. The van der Waals surface area contributed by atoms with Crippen molar-refractivity contribution in [3.63, 3.8) is 0 Å². The van der Waals surface area contributed by atoms with Crippen LogP contribution >= 0.6 is 0 Å². The second-order valence-electron chi connectivity index (χ2n) is 2.52. The first kappa shape index (κ1) is 9.78. The highest BCUT2D eigenvalue weighted by atomic mass is 16.3. The number of benzene rings is 1. The quantitative estimate of drug-likeness (QED) is 0.532. The van der Waals surface area contributed by atoms with Crippen LogP contribution in [0, 0.1) is 11.3 Å². The summed E-state index contributed by atoms with van der Waals surface area (Å²) in [4.78, 5) is 13.1. The van der Waals surface area contributed by atoms with Crippen molar-refractivity contribution in [2.24, 2.45) is 4.99 Å². The van der Waals surface area contributed by atoms with E-state index in [0.717, 1.165) is 6.07 Å². The number of isocyanates is 1. The molecule has 1 aromatic carbocycles. The standard InChI is InChI=1S/C9H6N2O3/c10-3-6-1-7(4-11-5-12)9(14)2-8(6)13/h1-2,13-14H,4H2. The Morgan fingerprint density at radius 1 is 1.36 bits per heavy atom. The van der Waals surface area contributed by atoms with Crippen LogP contribution in [0.25, 0.3) is 0 Å². The number of nitrogens with zero attached hydrogens (tertiary/aromatic N) is 2. The van der Waals surface area contributed by atoms with Gasteiger partial charge in [0.2, 0.25) is 6.08 Å². The number of aliphatic imine (C=N–C) groups is 1. The van der Waals surface area contributed by atoms with Crippen LogP contribution in [-0.4, -0.2) is 16.3 Å². The Hall–Kier alpha value is -2.31. The molecule has 5 nitrogen and oxygen atoms in total. The molecule has 0 radical (unpaired) electrons. The molecule has 14 heavy (non-hydrogen) atoms. The molecule has 0 saturated carbocycles. The second-order valence-corrected chi connectivity index (χ2v) is 2.52. The van der Waals surface area contributed by atoms with Crippen molar-refractivity contribution < 1.29 is 15.0 Å². The fourth-order valence-electron chi connectivity index (χ4n) is 0.956. The molecule has 5 heteroatoms. The Labute approximate surface area is 79.6 Å². The molecule has 0 bridgehead atoms. The van der Waals surface area contributed by atoms with Crippen LogP contribution in [0.3, 0.4) is 0 Å². The van der Waals surface area contributed by atoms with E-state index in [1.54, 1.807) is 6.07 Å². The van der Waals surface area contributed by atoms with E-state index in [-0.39, 0.29) is 23.6 Å². The third-order valence-corrected chi connectivity index (χ3v) is 1.63. The second kappa shape index (κ2) is 4.08. The lowest BCUT2D eigenvalue weighted by Crippen LogP contribution is -1.86. The van der Waals surface area contributed by atoms with E-state index in [1.165, 1.54) is 12.1 Å². The molecule has 0 heterocycles. The Kier molecular flexibility index (Phi) is 2.85. The summed E-state index contributed by atoms with van der Waals surface area (Å²) >= 11 is 0. The fraction of sp³-hybridized carbons (Fsp3) is 0.111. The molecule has 0 amide bonds. The number of nitriles is 1. The van der Waals surface area contributed by atoms with Crippen LogP contribution in [0.4, 0.5) is 0 Å². The summed E-state index contributed by atoms with van der Waals surface area (Å²) in [5, 5.41) is 27.0. The van der Waals surface area contributed by atoms with Gasteiger partial charge in [-0.2, -0.15) is 5.26 Å². The fourth-order valence-corrected chi connectivity index (χ4v) is 0.956. The van der Waals surface area contributed by atoms with Gasteiger partial charge in [-0.1, -0.05) is 0 Å². The summed E-state index contributed by atoms with van der Waals surface area (Å²) in [7, 11) is 0. The van der Waals surface area contributed by atoms with Gasteiger partial charge in [0.05, 0.1) is 12.1 Å². The topological polar surface area (TPSA) is 93.7 Å². The summed E-state index contributed by atoms with van der Waals surface area (Å²) in [6, 6.07) is 4.04. The van der Waals surface area contributed by atoms with Crippen LogP contribution in [0.15, 0.2) is 17.1 Å². The van der Waals surface area contributed by atoms with E-state index >= 15 is 0 Å². The molecule has 0 unspecified atom stereocenters. The molecule has 70 valence electrons. The van der Waals surface area contributed by atoms with Gasteiger partial charge in [-0.05, 0) is 6.07 Å². The van der Waals surface area contributed by atoms with E-state index < -0.39 is 0 Å². The highest BCUT2D eigenvalue weighted by Gasteiger charge is 2.07. The summed E-state index contributed by atoms with van der Waals surface area (Å²) in [6.45, 7) is -0.0652. The number of phenols is 2. The van der Waals surface area contributed by atoms with E-state index in [2.05, 4.69) is 4.99 Å². The zero-order valence-corrected chi connectivity index (χ0v) is 7.06. The number of hydrogen-bond donors (Lipinski definition) is 2. The molecule has 0 spiro atoms. The first-order chi connectivity index (χ1) is 6.69. The average Bonchev–Trinajstić information content (AvgIpc) is 2.17. The number of hydrogen-bond acceptors (Lipinski definition) is 5. The molecule has 2 N–H and O–H groups in total. The minimum atomic E-state index is -0.302. The van der Waals surface area contributed by atoms with Gasteiger partial charge in [-0.25, -0.2) is 9.79 Å². The van der Waals surface area contributed by atoms with Gasteiger partial charge in [0.15, 0.2) is 0 Å². The Balaban J connectivity index is 3.18. The first-order valence-electron chi connectivity index (χ1n) is 3.67. The Morgan fingerprint density at radius 2 is 2.07 bits per heavy atom. The first-order valence-corrected chi connectivity index (χ1v) is 3.67. The predicted octanol–water partition coefficient (Wildman–Crippen LogP) is 0.805. The van der Waals surface area contributed by atoms with Crippen LogP contribution in [-0.2, 0) is 11.3 Å². The maximum atomic E-state index is 9.82. The maximum Gasteiger partial charge on any atom is 0.235 e. The van der Waals surface area contributed by atoms with Crippen LogP contribution in [0.2, 0.25) is 0 Å². The Bertz CT molecular complexity index is 442. The van der Waals surface area contributed by atoms with Crippen LogP contribution in [0.1, 0.15) is 11.1 Å². The lowest BCUT2D eigenvalue weighted by atomic mass is 10.1. The summed E-state index contributed by atoms with van der Waals surface area (Å²) in [5.74, 6) is -0.510. The minimum Gasteiger partial charge on any atom is -0.507 e. The summed E-state index contributed by atoms with van der Waals surface area (Å²) < 4.78 is 0. The number of rotatable bonds is 2. The van der Waals surface area contributed by atoms with Gasteiger partial charge in [0.25, 0.3) is 0 Å². The summed E-state index contributed by atoms with van der Waals surface area (Å²) in [6.07, 6.45) is 1.31. The van der Waals surface area contributed by atoms with Crippen molar-refractivity contribution in [2.75, 3.05) is 0 Å². The van der Waals surface area contributed by atoms with Gasteiger partial charge >= 0.3 is 0 Å². The van der Waals surface area contributed by atoms with E-state index in [4.69, 9.17) is 10.4 Å². The number of carbonyl (C=O) groups excluding carboxylic acids is 1. The predicted molar refractivity (Wildman–Crippen MR) is 46.3 cm³/mol. The molecule has 0 aliphatic carbocycles. The SMILES string of the molecule is N#Cc1cc(CN=C=O)c(O)cc1O. The largest absolute Gasteiger partial charge is 0.507 e. The zero-order chi connectivity index (χ0) is 10.6. The third kappa shape index (κ3) is 1.89. The molecule has 0 saturated heterocycles. The molecule has 1 aromatic rings. The van der Waals surface area contributed by atoms with Crippen molar-refractivity contribution in [3.05, 3.63) is 23.3 Å². The maximum absolute atomic E-state index is 9.82. The molecule has 1 rings (SSSR count). The van der Waals surface area contributed by atoms with Gasteiger partial charge in [-0.3, -0.25) is 0 Å². The monoisotopic (exact) mass is 190 g/mol. The lowest BCUT2D eigenvalue weighted by molar-refractivity contribution is 0.445. The molecule has 0 atom stereocenters. The van der Waals surface area contributed by atoms with Crippen LogP contribution < -0.4 is 0 Å². The normalized spacial score (nSPS) is 8.79. The molecular formula is C9H6N2O3. The number of phenolic OH excluding ortho intramolecular Hbond substituents is 2. The third-order valence-electron chi connectivity index (χ3n) is 1.63. The van der Waals surface area contributed by atoms with Gasteiger partial charge < -0.3 is 10.2 Å². The molecule has 0 aliphatic heterocycles. The van der Waals surface area contributed by atoms with Crippen molar-refractivity contribution in [3.8, 4) is 17.6 Å². The highest BCUT2D eigenvalue weighted by Crippen LogP contribution is 2.27. The average molecular weight is 190 g/mol. The van der Waals surface area contributed by atoms with Gasteiger partial charge in [-0.15, -0.1) is 0 Å².